The first-order valence-corrected chi connectivity index (χ1v) is 7.75. The molecule has 0 saturated carbocycles. The standard InChI is InChI=1S/C15H9IN2O6/c16-10-3-2-9(18(21)22)6-12(10)24-15(20)8-1-4-11-13(5-8)23-7-14(19)17-11/h1-6H,7H2,(H,17,19). The lowest BCUT2D eigenvalue weighted by Gasteiger charge is -2.18. The lowest BCUT2D eigenvalue weighted by atomic mass is 10.1. The number of hydrogen-bond donors (Lipinski definition) is 1. The maximum Gasteiger partial charge on any atom is 0.343 e. The third kappa shape index (κ3) is 3.30. The second kappa shape index (κ2) is 6.43. The molecule has 1 aliphatic heterocycles. The number of benzene rings is 2. The monoisotopic (exact) mass is 440 g/mol. The molecule has 1 amide bonds. The average Bonchev–Trinajstić information content (AvgIpc) is 2.56. The Labute approximate surface area is 149 Å². The normalized spacial score (nSPS) is 12.6. The van der Waals surface area contributed by atoms with Gasteiger partial charge >= 0.3 is 5.97 Å². The third-order valence-electron chi connectivity index (χ3n) is 3.18. The molecule has 2 aromatic carbocycles. The van der Waals surface area contributed by atoms with Crippen molar-refractivity contribution >= 4 is 45.8 Å². The number of nitro groups is 1. The number of esters is 1. The van der Waals surface area contributed by atoms with Gasteiger partial charge < -0.3 is 14.8 Å². The summed E-state index contributed by atoms with van der Waals surface area (Å²) in [4.78, 5) is 33.7. The number of fused-ring (bicyclic) bond motifs is 1. The van der Waals surface area contributed by atoms with E-state index in [1.807, 2.05) is 22.6 Å². The van der Waals surface area contributed by atoms with Gasteiger partial charge in [-0.2, -0.15) is 0 Å². The first-order valence-electron chi connectivity index (χ1n) is 6.67. The fourth-order valence-electron chi connectivity index (χ4n) is 2.04. The summed E-state index contributed by atoms with van der Waals surface area (Å²) in [6.07, 6.45) is 0. The molecule has 8 nitrogen and oxygen atoms in total. The van der Waals surface area contributed by atoms with Crippen molar-refractivity contribution in [3.63, 3.8) is 0 Å². The maximum absolute atomic E-state index is 12.3. The van der Waals surface area contributed by atoms with E-state index in [9.17, 15) is 19.7 Å². The highest BCUT2D eigenvalue weighted by atomic mass is 127. The molecule has 1 aliphatic rings. The lowest BCUT2D eigenvalue weighted by Crippen LogP contribution is -2.25. The van der Waals surface area contributed by atoms with E-state index in [0.29, 0.717) is 15.0 Å². The molecule has 2 aromatic rings. The van der Waals surface area contributed by atoms with Crippen LogP contribution in [0.3, 0.4) is 0 Å². The molecule has 0 aliphatic carbocycles. The van der Waals surface area contributed by atoms with Gasteiger partial charge in [0.25, 0.3) is 11.6 Å². The molecular formula is C15H9IN2O6. The summed E-state index contributed by atoms with van der Waals surface area (Å²) in [6, 6.07) is 8.46. The lowest BCUT2D eigenvalue weighted by molar-refractivity contribution is -0.384. The number of halogens is 1. The Morgan fingerprint density at radius 3 is 2.83 bits per heavy atom. The molecule has 0 bridgehead atoms. The van der Waals surface area contributed by atoms with Gasteiger partial charge in [-0.15, -0.1) is 0 Å². The van der Waals surface area contributed by atoms with Crippen molar-refractivity contribution in [3.05, 3.63) is 55.6 Å². The number of non-ortho nitro benzene ring substituents is 1. The molecule has 0 aromatic heterocycles. The van der Waals surface area contributed by atoms with Crippen molar-refractivity contribution in [3.8, 4) is 11.5 Å². The number of nitrogens with one attached hydrogen (secondary N) is 1. The van der Waals surface area contributed by atoms with Crippen LogP contribution < -0.4 is 14.8 Å². The van der Waals surface area contributed by atoms with Crippen LogP contribution in [0.25, 0.3) is 0 Å². The molecule has 1 N–H and O–H groups in total. The summed E-state index contributed by atoms with van der Waals surface area (Å²) in [5.74, 6) is -0.500. The van der Waals surface area contributed by atoms with Crippen molar-refractivity contribution in [1.82, 2.24) is 0 Å². The Bertz CT molecular complexity index is 867. The summed E-state index contributed by atoms with van der Waals surface area (Å²) >= 11 is 1.92. The van der Waals surface area contributed by atoms with E-state index in [1.54, 1.807) is 0 Å². The molecule has 0 saturated heterocycles. The molecule has 0 fully saturated rings. The van der Waals surface area contributed by atoms with E-state index < -0.39 is 10.9 Å². The van der Waals surface area contributed by atoms with Gasteiger partial charge in [-0.25, -0.2) is 4.79 Å². The molecular weight excluding hydrogens is 431 g/mol. The van der Waals surface area contributed by atoms with Gasteiger partial charge in [0.2, 0.25) is 0 Å². The van der Waals surface area contributed by atoms with E-state index in [2.05, 4.69) is 5.32 Å². The van der Waals surface area contributed by atoms with Crippen LogP contribution in [0.2, 0.25) is 0 Å². The topological polar surface area (TPSA) is 108 Å². The predicted octanol–water partition coefficient (Wildman–Crippen LogP) is 2.75. The van der Waals surface area contributed by atoms with E-state index in [1.165, 1.54) is 36.4 Å². The quantitative estimate of drug-likeness (QED) is 0.259. The smallest absolute Gasteiger partial charge is 0.343 e. The van der Waals surface area contributed by atoms with E-state index in [4.69, 9.17) is 9.47 Å². The fourth-order valence-corrected chi connectivity index (χ4v) is 2.49. The molecule has 0 spiro atoms. The number of rotatable bonds is 3. The maximum atomic E-state index is 12.3. The number of nitro benzene ring substituents is 1. The van der Waals surface area contributed by atoms with E-state index in [0.717, 1.165) is 0 Å². The number of hydrogen-bond acceptors (Lipinski definition) is 6. The highest BCUT2D eigenvalue weighted by molar-refractivity contribution is 14.1. The minimum absolute atomic E-state index is 0.0988. The van der Waals surface area contributed by atoms with Crippen LogP contribution in [0.4, 0.5) is 11.4 Å². The van der Waals surface area contributed by atoms with E-state index in [-0.39, 0.29) is 29.5 Å². The van der Waals surface area contributed by atoms with Crippen molar-refractivity contribution < 1.29 is 24.0 Å². The highest BCUT2D eigenvalue weighted by Crippen LogP contribution is 2.30. The van der Waals surface area contributed by atoms with Gasteiger partial charge in [0.15, 0.2) is 12.4 Å². The molecule has 24 heavy (non-hydrogen) atoms. The molecule has 0 atom stereocenters. The Morgan fingerprint density at radius 2 is 2.08 bits per heavy atom. The van der Waals surface area contributed by atoms with Gasteiger partial charge in [-0.05, 0) is 46.9 Å². The number of ether oxygens (including phenoxy) is 2. The van der Waals surface area contributed by atoms with Crippen LogP contribution in [-0.2, 0) is 4.79 Å². The van der Waals surface area contributed by atoms with Crippen molar-refractivity contribution in [2.24, 2.45) is 0 Å². The zero-order valence-corrected chi connectivity index (χ0v) is 14.1. The summed E-state index contributed by atoms with van der Waals surface area (Å²) < 4.78 is 11.0. The van der Waals surface area contributed by atoms with Crippen molar-refractivity contribution in [2.75, 3.05) is 11.9 Å². The first-order chi connectivity index (χ1) is 11.4. The second-order valence-electron chi connectivity index (χ2n) is 4.81. The number of carbonyl (C=O) groups excluding carboxylic acids is 2. The van der Waals surface area contributed by atoms with Crippen molar-refractivity contribution in [2.45, 2.75) is 0 Å². The number of carbonyl (C=O) groups is 2. The Kier molecular flexibility index (Phi) is 4.34. The van der Waals surface area contributed by atoms with Gasteiger partial charge in [-0.1, -0.05) is 0 Å². The van der Waals surface area contributed by atoms with Crippen LogP contribution in [0.15, 0.2) is 36.4 Å². The minimum Gasteiger partial charge on any atom is -0.482 e. The van der Waals surface area contributed by atoms with Crippen LogP contribution in [0.5, 0.6) is 11.5 Å². The zero-order chi connectivity index (χ0) is 17.3. The molecule has 122 valence electrons. The van der Waals surface area contributed by atoms with Crippen LogP contribution in [-0.4, -0.2) is 23.4 Å². The van der Waals surface area contributed by atoms with Gasteiger partial charge in [0.1, 0.15) is 5.75 Å². The summed E-state index contributed by atoms with van der Waals surface area (Å²) in [6.45, 7) is -0.131. The van der Waals surface area contributed by atoms with Crippen LogP contribution in [0.1, 0.15) is 10.4 Å². The molecule has 0 unspecified atom stereocenters. The number of anilines is 1. The summed E-state index contributed by atoms with van der Waals surface area (Å²) in [5, 5.41) is 13.4. The largest absolute Gasteiger partial charge is 0.482 e. The SMILES string of the molecule is O=C1COc2cc(C(=O)Oc3cc([N+](=O)[O-])ccc3I)ccc2N1. The minimum atomic E-state index is -0.684. The zero-order valence-electron chi connectivity index (χ0n) is 11.9. The number of nitrogens with zero attached hydrogens (tertiary/aromatic N) is 1. The van der Waals surface area contributed by atoms with Gasteiger partial charge in [-0.3, -0.25) is 14.9 Å². The van der Waals surface area contributed by atoms with Gasteiger partial charge in [0.05, 0.1) is 25.8 Å². The summed E-state index contributed by atoms with van der Waals surface area (Å²) in [7, 11) is 0. The van der Waals surface area contributed by atoms with Crippen LogP contribution >= 0.6 is 22.6 Å². The average molecular weight is 440 g/mol. The second-order valence-corrected chi connectivity index (χ2v) is 5.97. The summed E-state index contributed by atoms with van der Waals surface area (Å²) in [5.41, 5.74) is 0.495. The third-order valence-corrected chi connectivity index (χ3v) is 4.07. The molecule has 1 heterocycles. The Balaban J connectivity index is 1.84. The van der Waals surface area contributed by atoms with Crippen LogP contribution in [0, 0.1) is 13.7 Å². The molecule has 3 rings (SSSR count). The predicted molar refractivity (Wildman–Crippen MR) is 91.3 cm³/mol. The first kappa shape index (κ1) is 16.2. The number of amides is 1. The highest BCUT2D eigenvalue weighted by Gasteiger charge is 2.20. The fraction of sp³-hybridized carbons (Fsp3) is 0.0667. The molecule has 0 radical (unpaired) electrons. The van der Waals surface area contributed by atoms with Gasteiger partial charge in [0, 0.05) is 6.07 Å². The van der Waals surface area contributed by atoms with E-state index >= 15 is 0 Å². The van der Waals surface area contributed by atoms with Crippen molar-refractivity contribution in [1.29, 1.82) is 0 Å². The molecule has 9 heteroatoms. The Morgan fingerprint density at radius 1 is 1.29 bits per heavy atom. The Hall–Kier alpha value is -2.69.